The van der Waals surface area contributed by atoms with E-state index in [9.17, 15) is 9.18 Å². The van der Waals surface area contributed by atoms with Gasteiger partial charge in [-0.05, 0) is 38.0 Å². The predicted molar refractivity (Wildman–Crippen MR) is 90.5 cm³/mol. The molecule has 2 heterocycles. The summed E-state index contributed by atoms with van der Waals surface area (Å²) < 4.78 is 13.9. The summed E-state index contributed by atoms with van der Waals surface area (Å²) in [6, 6.07) is 5.82. The number of rotatable bonds is 3. The molecule has 1 aliphatic heterocycles. The van der Waals surface area contributed by atoms with Gasteiger partial charge in [-0.2, -0.15) is 5.10 Å². The number of likely N-dealkylation sites (tertiary alicyclic amines) is 1. The van der Waals surface area contributed by atoms with Crippen LogP contribution in [0.3, 0.4) is 0 Å². The first-order chi connectivity index (χ1) is 11.6. The number of H-pyrrole nitrogens is 1. The Bertz CT molecular complexity index is 678. The van der Waals surface area contributed by atoms with E-state index in [1.54, 1.807) is 30.2 Å². The Morgan fingerprint density at radius 2 is 2.17 bits per heavy atom. The van der Waals surface area contributed by atoms with Crippen LogP contribution in [0.1, 0.15) is 43.0 Å². The van der Waals surface area contributed by atoms with Crippen LogP contribution in [0, 0.1) is 5.82 Å². The molecule has 5 nitrogen and oxygen atoms in total. The van der Waals surface area contributed by atoms with Gasteiger partial charge in [0.2, 0.25) is 0 Å². The van der Waals surface area contributed by atoms with Crippen molar-refractivity contribution in [2.45, 2.75) is 31.7 Å². The highest BCUT2D eigenvalue weighted by atomic mass is 35.5. The van der Waals surface area contributed by atoms with Crippen LogP contribution < -0.4 is 5.32 Å². The summed E-state index contributed by atoms with van der Waals surface area (Å²) in [6.45, 7) is 3.06. The first kappa shape index (κ1) is 16.8. The molecule has 7 heteroatoms. The van der Waals surface area contributed by atoms with E-state index in [2.05, 4.69) is 15.5 Å². The quantitative estimate of drug-likeness (QED) is 0.883. The molecule has 0 aliphatic carbocycles. The maximum atomic E-state index is 13.9. The van der Waals surface area contributed by atoms with Gasteiger partial charge in [-0.3, -0.25) is 5.10 Å². The average Bonchev–Trinajstić information content (AvgIpc) is 3.09. The second-order valence-corrected chi connectivity index (χ2v) is 6.49. The topological polar surface area (TPSA) is 61.0 Å². The van der Waals surface area contributed by atoms with Gasteiger partial charge in [0.1, 0.15) is 5.82 Å². The van der Waals surface area contributed by atoms with Gasteiger partial charge in [0.05, 0.1) is 6.04 Å². The fourth-order valence-electron chi connectivity index (χ4n) is 3.16. The molecule has 1 atom stereocenters. The van der Waals surface area contributed by atoms with Crippen molar-refractivity contribution in [1.82, 2.24) is 20.4 Å². The van der Waals surface area contributed by atoms with Crippen molar-refractivity contribution in [2.75, 3.05) is 13.1 Å². The summed E-state index contributed by atoms with van der Waals surface area (Å²) in [5, 5.41) is 10.1. The van der Waals surface area contributed by atoms with Crippen molar-refractivity contribution in [2.24, 2.45) is 0 Å². The predicted octanol–water partition coefficient (Wildman–Crippen LogP) is 3.85. The number of amides is 2. The Labute approximate surface area is 145 Å². The van der Waals surface area contributed by atoms with Crippen LogP contribution >= 0.6 is 11.6 Å². The highest BCUT2D eigenvalue weighted by Gasteiger charge is 2.26. The number of nitrogens with zero attached hydrogens (tertiary/aromatic N) is 2. The van der Waals surface area contributed by atoms with Crippen molar-refractivity contribution in [3.05, 3.63) is 52.6 Å². The number of nitrogens with one attached hydrogen (secondary N) is 2. The molecule has 3 rings (SSSR count). The molecule has 1 fully saturated rings. The van der Waals surface area contributed by atoms with Gasteiger partial charge in [0, 0.05) is 41.5 Å². The number of carbonyl (C=O) groups excluding carboxylic acids is 1. The van der Waals surface area contributed by atoms with Crippen LogP contribution in [0.25, 0.3) is 0 Å². The molecule has 24 heavy (non-hydrogen) atoms. The lowest BCUT2D eigenvalue weighted by Gasteiger charge is -2.32. The largest absolute Gasteiger partial charge is 0.331 e. The lowest BCUT2D eigenvalue weighted by molar-refractivity contribution is 0.177. The number of halogens is 2. The average molecular weight is 351 g/mol. The monoisotopic (exact) mass is 350 g/mol. The van der Waals surface area contributed by atoms with Crippen LogP contribution in [0.4, 0.5) is 9.18 Å². The summed E-state index contributed by atoms with van der Waals surface area (Å²) in [5.41, 5.74) is 1.43. The maximum absolute atomic E-state index is 13.9. The standard InChI is InChI=1S/C17H20ClFN4O/c1-11(16-13(18)3-2-4-14(16)19)21-17(24)23-9-6-12(7-10-23)15-5-8-20-22-15/h2-5,8,11-12H,6-7,9-10H2,1H3,(H,20,22)(H,21,24). The van der Waals surface area contributed by atoms with Gasteiger partial charge in [0.15, 0.2) is 0 Å². The van der Waals surface area contributed by atoms with E-state index in [1.165, 1.54) is 6.07 Å². The first-order valence-corrected chi connectivity index (χ1v) is 8.42. The molecule has 128 valence electrons. The minimum atomic E-state index is -0.489. The molecule has 2 amide bonds. The minimum absolute atomic E-state index is 0.190. The molecule has 0 saturated carbocycles. The maximum Gasteiger partial charge on any atom is 0.317 e. The molecular weight excluding hydrogens is 331 g/mol. The fraction of sp³-hybridized carbons (Fsp3) is 0.412. The number of aromatic amines is 1. The number of urea groups is 1. The molecule has 1 aromatic carbocycles. The Hall–Kier alpha value is -2.08. The van der Waals surface area contributed by atoms with Crippen LogP contribution in [0.5, 0.6) is 0 Å². The van der Waals surface area contributed by atoms with Crippen molar-refractivity contribution in [1.29, 1.82) is 0 Å². The Morgan fingerprint density at radius 1 is 1.42 bits per heavy atom. The number of hydrogen-bond acceptors (Lipinski definition) is 2. The molecule has 1 aliphatic rings. The lowest BCUT2D eigenvalue weighted by Crippen LogP contribution is -2.45. The first-order valence-electron chi connectivity index (χ1n) is 8.05. The van der Waals surface area contributed by atoms with E-state index in [4.69, 9.17) is 11.6 Å². The van der Waals surface area contributed by atoms with Gasteiger partial charge >= 0.3 is 6.03 Å². The zero-order valence-corrected chi connectivity index (χ0v) is 14.2. The van der Waals surface area contributed by atoms with E-state index < -0.39 is 11.9 Å². The van der Waals surface area contributed by atoms with Crippen LogP contribution in [0.15, 0.2) is 30.5 Å². The Balaban J connectivity index is 1.58. The highest BCUT2D eigenvalue weighted by molar-refractivity contribution is 6.31. The number of piperidine rings is 1. The molecule has 0 radical (unpaired) electrons. The van der Waals surface area contributed by atoms with Gasteiger partial charge < -0.3 is 10.2 Å². The van der Waals surface area contributed by atoms with Crippen LogP contribution in [-0.4, -0.2) is 34.2 Å². The zero-order valence-electron chi connectivity index (χ0n) is 13.4. The van der Waals surface area contributed by atoms with E-state index in [-0.39, 0.29) is 6.03 Å². The highest BCUT2D eigenvalue weighted by Crippen LogP contribution is 2.28. The lowest BCUT2D eigenvalue weighted by atomic mass is 9.94. The molecule has 1 saturated heterocycles. The summed E-state index contributed by atoms with van der Waals surface area (Å²) >= 11 is 6.06. The zero-order chi connectivity index (χ0) is 17.1. The molecule has 0 bridgehead atoms. The van der Waals surface area contributed by atoms with E-state index in [0.29, 0.717) is 29.6 Å². The molecule has 1 unspecified atom stereocenters. The molecule has 2 N–H and O–H groups in total. The van der Waals surface area contributed by atoms with Crippen LogP contribution in [-0.2, 0) is 0 Å². The molecule has 1 aromatic heterocycles. The molecule has 0 spiro atoms. The number of carbonyl (C=O) groups is 1. The van der Waals surface area contributed by atoms with Gasteiger partial charge in [-0.1, -0.05) is 17.7 Å². The SMILES string of the molecule is CC(NC(=O)N1CCC(c2ccn[nH]2)CC1)c1c(F)cccc1Cl. The third-order valence-electron chi connectivity index (χ3n) is 4.52. The Kier molecular flexibility index (Phi) is 5.04. The minimum Gasteiger partial charge on any atom is -0.331 e. The van der Waals surface area contributed by atoms with Crippen molar-refractivity contribution in [3.63, 3.8) is 0 Å². The second kappa shape index (κ2) is 7.21. The second-order valence-electron chi connectivity index (χ2n) is 6.08. The third-order valence-corrected chi connectivity index (χ3v) is 4.85. The number of hydrogen-bond donors (Lipinski definition) is 2. The Morgan fingerprint density at radius 3 is 2.79 bits per heavy atom. The van der Waals surface area contributed by atoms with Crippen molar-refractivity contribution < 1.29 is 9.18 Å². The number of aromatic nitrogens is 2. The normalized spacial score (nSPS) is 16.9. The fourth-order valence-corrected chi connectivity index (χ4v) is 3.49. The summed E-state index contributed by atoms with van der Waals surface area (Å²) in [7, 11) is 0. The van der Waals surface area contributed by atoms with E-state index in [1.807, 2.05) is 6.07 Å². The van der Waals surface area contributed by atoms with Crippen molar-refractivity contribution in [3.8, 4) is 0 Å². The van der Waals surface area contributed by atoms with Crippen molar-refractivity contribution >= 4 is 17.6 Å². The van der Waals surface area contributed by atoms with E-state index in [0.717, 1.165) is 18.5 Å². The molecular formula is C17H20ClFN4O. The molecule has 2 aromatic rings. The van der Waals surface area contributed by atoms with E-state index >= 15 is 0 Å². The smallest absolute Gasteiger partial charge is 0.317 e. The third kappa shape index (κ3) is 3.53. The van der Waals surface area contributed by atoms with Gasteiger partial charge in [-0.15, -0.1) is 0 Å². The summed E-state index contributed by atoms with van der Waals surface area (Å²) in [6.07, 6.45) is 3.50. The van der Waals surface area contributed by atoms with Gasteiger partial charge in [-0.25, -0.2) is 9.18 Å². The summed E-state index contributed by atoms with van der Waals surface area (Å²) in [4.78, 5) is 14.2. The number of benzene rings is 1. The summed E-state index contributed by atoms with van der Waals surface area (Å²) in [5.74, 6) is -0.0109. The van der Waals surface area contributed by atoms with Gasteiger partial charge in [0.25, 0.3) is 0 Å². The van der Waals surface area contributed by atoms with Crippen LogP contribution in [0.2, 0.25) is 5.02 Å².